The third-order valence-corrected chi connectivity index (χ3v) is 5.23. The van der Waals surface area contributed by atoms with Crippen molar-refractivity contribution in [3.05, 3.63) is 76.2 Å². The molecule has 3 rings (SSSR count). The van der Waals surface area contributed by atoms with Crippen LogP contribution in [0.25, 0.3) is 0 Å². The van der Waals surface area contributed by atoms with Gasteiger partial charge in [-0.3, -0.25) is 9.67 Å². The average Bonchev–Trinajstić information content (AvgIpc) is 3.35. The fourth-order valence-corrected chi connectivity index (χ4v) is 3.55. The maximum atomic E-state index is 4.43. The smallest absolute Gasteiger partial charge is 0.193 e. The summed E-state index contributed by atoms with van der Waals surface area (Å²) in [5.74, 6) is 0.912. The zero-order chi connectivity index (χ0) is 18.2. The number of aliphatic imine (C=N–C) groups is 1. The Morgan fingerprint density at radius 1 is 1.19 bits per heavy atom. The Bertz CT molecular complexity index is 809. The van der Waals surface area contributed by atoms with Crippen molar-refractivity contribution in [1.82, 2.24) is 20.0 Å². The van der Waals surface area contributed by atoms with E-state index in [1.54, 1.807) is 11.3 Å². The number of aromatic nitrogens is 2. The third kappa shape index (κ3) is 4.95. The summed E-state index contributed by atoms with van der Waals surface area (Å²) in [5, 5.41) is 9.92. The van der Waals surface area contributed by atoms with Crippen LogP contribution in [0.4, 0.5) is 0 Å². The zero-order valence-electron chi connectivity index (χ0n) is 15.3. The first-order chi connectivity index (χ1) is 12.8. The van der Waals surface area contributed by atoms with Gasteiger partial charge in [-0.1, -0.05) is 30.3 Å². The topological polar surface area (TPSA) is 45.5 Å². The summed E-state index contributed by atoms with van der Waals surface area (Å²) in [5.41, 5.74) is 2.52. The second-order valence-electron chi connectivity index (χ2n) is 6.12. The van der Waals surface area contributed by atoms with E-state index in [2.05, 4.69) is 69.1 Å². The minimum Gasteiger partial charge on any atom is -0.352 e. The molecule has 0 fully saturated rings. The van der Waals surface area contributed by atoms with E-state index < -0.39 is 0 Å². The average molecular weight is 368 g/mol. The van der Waals surface area contributed by atoms with Gasteiger partial charge in [-0.15, -0.1) is 11.3 Å². The van der Waals surface area contributed by atoms with E-state index >= 15 is 0 Å². The number of hydrogen-bond acceptors (Lipinski definition) is 3. The van der Waals surface area contributed by atoms with Gasteiger partial charge in [0.1, 0.15) is 0 Å². The van der Waals surface area contributed by atoms with E-state index in [0.29, 0.717) is 0 Å². The Kier molecular flexibility index (Phi) is 6.44. The second-order valence-corrected chi connectivity index (χ2v) is 7.16. The fourth-order valence-electron chi connectivity index (χ4n) is 2.85. The van der Waals surface area contributed by atoms with Gasteiger partial charge in [-0.25, -0.2) is 0 Å². The zero-order valence-corrected chi connectivity index (χ0v) is 16.1. The lowest BCUT2D eigenvalue weighted by atomic mass is 10.1. The number of hydrogen-bond donors (Lipinski definition) is 1. The summed E-state index contributed by atoms with van der Waals surface area (Å²) < 4.78 is 1.95. The number of nitrogens with zero attached hydrogens (tertiary/aromatic N) is 4. The maximum absolute atomic E-state index is 4.43. The second kappa shape index (κ2) is 9.20. The Hall–Kier alpha value is -2.60. The highest BCUT2D eigenvalue weighted by molar-refractivity contribution is 7.09. The van der Waals surface area contributed by atoms with Crippen molar-refractivity contribution in [1.29, 1.82) is 0 Å². The number of thiophene rings is 1. The van der Waals surface area contributed by atoms with Crippen LogP contribution < -0.4 is 5.32 Å². The number of benzene rings is 1. The fraction of sp³-hybridized carbons (Fsp3) is 0.300. The Morgan fingerprint density at radius 2 is 2.04 bits per heavy atom. The molecule has 0 saturated heterocycles. The maximum Gasteiger partial charge on any atom is 0.193 e. The standard InChI is InChI=1S/C20H25N5S/c1-21-20(24(2)13-10-19-9-5-14-26-19)22-15-17-7-3-4-8-18(17)16-25-12-6-11-23-25/h3-9,11-12,14H,10,13,15-16H2,1-2H3,(H,21,22). The van der Waals surface area contributed by atoms with Crippen LogP contribution in [0.1, 0.15) is 16.0 Å². The molecule has 2 heterocycles. The van der Waals surface area contributed by atoms with Crippen molar-refractivity contribution in [3.63, 3.8) is 0 Å². The number of guanidine groups is 1. The quantitative estimate of drug-likeness (QED) is 0.515. The summed E-state index contributed by atoms with van der Waals surface area (Å²) >= 11 is 1.80. The molecule has 0 aliphatic carbocycles. The van der Waals surface area contributed by atoms with Gasteiger partial charge >= 0.3 is 0 Å². The molecular formula is C20H25N5S. The SMILES string of the molecule is CN=C(NCc1ccccc1Cn1cccn1)N(C)CCc1cccs1. The molecule has 3 aromatic rings. The van der Waals surface area contributed by atoms with Crippen LogP contribution in [0, 0.1) is 0 Å². The van der Waals surface area contributed by atoms with Gasteiger partial charge in [0.05, 0.1) is 6.54 Å². The van der Waals surface area contributed by atoms with E-state index in [0.717, 1.165) is 32.0 Å². The van der Waals surface area contributed by atoms with Crippen LogP contribution in [0.3, 0.4) is 0 Å². The van der Waals surface area contributed by atoms with E-state index in [9.17, 15) is 0 Å². The van der Waals surface area contributed by atoms with Crippen molar-refractivity contribution in [3.8, 4) is 0 Å². The predicted molar refractivity (Wildman–Crippen MR) is 109 cm³/mol. The molecule has 2 aromatic heterocycles. The molecule has 0 saturated carbocycles. The van der Waals surface area contributed by atoms with Crippen molar-refractivity contribution in [2.75, 3.05) is 20.6 Å². The first-order valence-corrected chi connectivity index (χ1v) is 9.62. The molecule has 6 heteroatoms. The molecule has 0 amide bonds. The van der Waals surface area contributed by atoms with Crippen LogP contribution >= 0.6 is 11.3 Å². The van der Waals surface area contributed by atoms with E-state index in [1.807, 2.05) is 30.2 Å². The first-order valence-electron chi connectivity index (χ1n) is 8.74. The summed E-state index contributed by atoms with van der Waals surface area (Å²) in [6, 6.07) is 14.7. The highest BCUT2D eigenvalue weighted by atomic mass is 32.1. The minimum absolute atomic E-state index is 0.744. The van der Waals surface area contributed by atoms with Gasteiger partial charge in [0.2, 0.25) is 0 Å². The van der Waals surface area contributed by atoms with Crippen LogP contribution in [-0.4, -0.2) is 41.3 Å². The van der Waals surface area contributed by atoms with Crippen LogP contribution in [-0.2, 0) is 19.5 Å². The molecule has 0 bridgehead atoms. The van der Waals surface area contributed by atoms with Crippen molar-refractivity contribution in [2.45, 2.75) is 19.5 Å². The van der Waals surface area contributed by atoms with Gasteiger partial charge in [-0.2, -0.15) is 5.10 Å². The van der Waals surface area contributed by atoms with Crippen LogP contribution in [0.2, 0.25) is 0 Å². The van der Waals surface area contributed by atoms with Crippen LogP contribution in [0.5, 0.6) is 0 Å². The van der Waals surface area contributed by atoms with Crippen molar-refractivity contribution >= 4 is 17.3 Å². The summed E-state index contributed by atoms with van der Waals surface area (Å²) in [6.45, 7) is 2.46. The Labute approximate surface area is 159 Å². The molecule has 1 aromatic carbocycles. The summed E-state index contributed by atoms with van der Waals surface area (Å²) in [4.78, 5) is 8.00. The minimum atomic E-state index is 0.744. The number of rotatable bonds is 7. The molecule has 5 nitrogen and oxygen atoms in total. The van der Waals surface area contributed by atoms with Gasteiger partial charge < -0.3 is 10.2 Å². The molecule has 136 valence electrons. The normalized spacial score (nSPS) is 11.5. The van der Waals surface area contributed by atoms with Gasteiger partial charge in [0.25, 0.3) is 0 Å². The lowest BCUT2D eigenvalue weighted by Gasteiger charge is -2.22. The lowest BCUT2D eigenvalue weighted by molar-refractivity contribution is 0.486. The highest BCUT2D eigenvalue weighted by Crippen LogP contribution is 2.11. The largest absolute Gasteiger partial charge is 0.352 e. The van der Waals surface area contributed by atoms with Crippen LogP contribution in [0.15, 0.2) is 65.2 Å². The number of nitrogens with one attached hydrogen (secondary N) is 1. The molecular weight excluding hydrogens is 342 g/mol. The Balaban J connectivity index is 1.58. The molecule has 0 unspecified atom stereocenters. The van der Waals surface area contributed by atoms with Crippen molar-refractivity contribution < 1.29 is 0 Å². The predicted octanol–water partition coefficient (Wildman–Crippen LogP) is 3.24. The van der Waals surface area contributed by atoms with Gasteiger partial charge in [-0.05, 0) is 35.1 Å². The Morgan fingerprint density at radius 3 is 2.73 bits per heavy atom. The molecule has 0 aliphatic heterocycles. The lowest BCUT2D eigenvalue weighted by Crippen LogP contribution is -2.39. The molecule has 0 spiro atoms. The van der Waals surface area contributed by atoms with E-state index in [4.69, 9.17) is 0 Å². The number of likely N-dealkylation sites (N-methyl/N-ethyl adjacent to an activating group) is 1. The summed E-state index contributed by atoms with van der Waals surface area (Å²) in [6.07, 6.45) is 4.83. The molecule has 0 aliphatic rings. The summed E-state index contributed by atoms with van der Waals surface area (Å²) in [7, 11) is 3.91. The molecule has 0 atom stereocenters. The molecule has 0 radical (unpaired) electrons. The monoisotopic (exact) mass is 367 g/mol. The van der Waals surface area contributed by atoms with Gasteiger partial charge in [0, 0.05) is 44.5 Å². The van der Waals surface area contributed by atoms with E-state index in [-0.39, 0.29) is 0 Å². The molecule has 1 N–H and O–H groups in total. The molecule has 26 heavy (non-hydrogen) atoms. The first kappa shape index (κ1) is 18.2. The third-order valence-electron chi connectivity index (χ3n) is 4.29. The van der Waals surface area contributed by atoms with E-state index in [1.165, 1.54) is 16.0 Å². The highest BCUT2D eigenvalue weighted by Gasteiger charge is 2.08. The van der Waals surface area contributed by atoms with Gasteiger partial charge in [0.15, 0.2) is 5.96 Å². The van der Waals surface area contributed by atoms with Crippen molar-refractivity contribution in [2.24, 2.45) is 4.99 Å².